The zero-order chi connectivity index (χ0) is 86.9. The number of aliphatic carboxylic acids is 2. The number of furan rings is 2. The van der Waals surface area contributed by atoms with Gasteiger partial charge in [-0.1, -0.05) is 326 Å². The van der Waals surface area contributed by atoms with Crippen molar-refractivity contribution >= 4 is 80.4 Å². The highest BCUT2D eigenvalue weighted by Crippen LogP contribution is 2.43. The molecular weight excluding hydrogens is 1510 g/mol. The number of hydrogen-bond donors (Lipinski definition) is 2. The van der Waals surface area contributed by atoms with Crippen molar-refractivity contribution in [2.75, 3.05) is 9.80 Å². The Morgan fingerprint density at radius 1 is 0.309 bits per heavy atom. The summed E-state index contributed by atoms with van der Waals surface area (Å²) >= 11 is 0. The van der Waals surface area contributed by atoms with Crippen LogP contribution in [-0.2, 0) is 31.2 Å². The highest BCUT2D eigenvalue weighted by molar-refractivity contribution is 5.97. The lowest BCUT2D eigenvalue weighted by Gasteiger charge is -2.26. The largest absolute Gasteiger partial charge is 0.480 e. The molecule has 0 spiro atoms. The standard InChI is InChI=1S/C56H48N2O3.C53H47NO2.C3H3NO2/c1-55(2,3)47-23-13-39(14-24-47)42-19-29-50(30-20-42)58(51-31-21-43(22-32-51)40-15-25-48(26-16-40)56(4,5)6)49-27-17-41(18-28-49)38-9-11-44(12-10-38)53-35-45-8-7-37(34-52(45)61-53)33-46(36-57)54(59)60;1-52(2,3)45-23-13-38(14-24-45)41-19-29-48(30-20-41)54(49-31-21-42(22-32-49)39-15-25-46(26-16-39)53(4,5)6)47-27-17-40(18-28-47)37-9-11-43(12-10-37)51-34-44-8-7-36(35-55)33-50(44)56-51;4-2-1-3(5)6/h7-35H,1-6H3,(H,59,60);7-35H,1-6H3;1H2,(H,5,6)/b46-33-;;. The fourth-order valence-electron chi connectivity index (χ4n) is 14.9. The molecule has 0 aliphatic heterocycles. The molecule has 0 saturated carbocycles. The maximum atomic E-state index is 11.3. The Kier molecular flexibility index (Phi) is 24.7. The van der Waals surface area contributed by atoms with Gasteiger partial charge in [0.05, 0.1) is 6.07 Å². The van der Waals surface area contributed by atoms with E-state index < -0.39 is 18.4 Å². The molecule has 16 aromatic rings. The molecule has 0 unspecified atom stereocenters. The van der Waals surface area contributed by atoms with Gasteiger partial charge in [0.2, 0.25) is 0 Å². The number of fused-ring (bicyclic) bond motifs is 2. The van der Waals surface area contributed by atoms with E-state index in [2.05, 4.69) is 372 Å². The lowest BCUT2D eigenvalue weighted by Crippen LogP contribution is -2.10. The third-order valence-electron chi connectivity index (χ3n) is 22.2. The van der Waals surface area contributed by atoms with Crippen LogP contribution >= 0.6 is 0 Å². The fourth-order valence-corrected chi connectivity index (χ4v) is 14.9. The van der Waals surface area contributed by atoms with Gasteiger partial charge in [0, 0.05) is 61.6 Å². The van der Waals surface area contributed by atoms with Crippen LogP contribution in [0.15, 0.2) is 354 Å². The van der Waals surface area contributed by atoms with Crippen molar-refractivity contribution in [2.45, 2.75) is 111 Å². The quantitative estimate of drug-likeness (QED) is 0.0476. The number of anilines is 6. The Morgan fingerprint density at radius 3 is 0.732 bits per heavy atom. The number of carbonyl (C=O) groups excluding carboxylic acids is 1. The molecule has 608 valence electrons. The van der Waals surface area contributed by atoms with E-state index in [0.717, 1.165) is 90.3 Å². The van der Waals surface area contributed by atoms with E-state index >= 15 is 0 Å². The van der Waals surface area contributed by atoms with E-state index in [9.17, 15) is 19.5 Å². The molecule has 123 heavy (non-hydrogen) atoms. The second kappa shape index (κ2) is 36.0. The Morgan fingerprint density at radius 2 is 0.528 bits per heavy atom. The number of benzene rings is 14. The van der Waals surface area contributed by atoms with E-state index in [4.69, 9.17) is 24.5 Å². The highest BCUT2D eigenvalue weighted by Gasteiger charge is 2.22. The second-order valence-corrected chi connectivity index (χ2v) is 35.1. The molecule has 0 fully saturated rings. The highest BCUT2D eigenvalue weighted by atomic mass is 16.4. The van der Waals surface area contributed by atoms with Gasteiger partial charge in [-0.05, 0) is 219 Å². The molecule has 0 amide bonds. The lowest BCUT2D eigenvalue weighted by atomic mass is 9.86. The van der Waals surface area contributed by atoms with Gasteiger partial charge in [0.15, 0.2) is 0 Å². The first-order chi connectivity index (χ1) is 58.9. The normalized spacial score (nSPS) is 11.6. The Balaban J connectivity index is 0.000000189. The average molecular weight is 1610 g/mol. The third-order valence-corrected chi connectivity index (χ3v) is 22.2. The summed E-state index contributed by atoms with van der Waals surface area (Å²) in [5.41, 5.74) is 30.2. The molecular formula is C112H98N4O7. The molecule has 16 rings (SSSR count). The second-order valence-electron chi connectivity index (χ2n) is 35.1. The molecule has 0 radical (unpaired) electrons. The average Bonchev–Trinajstić information content (AvgIpc) is 1.71. The number of rotatable bonds is 18. The molecule has 0 atom stereocenters. The fraction of sp³-hybridized carbons (Fsp3) is 0.152. The number of carboxylic acid groups (broad SMARTS) is 2. The van der Waals surface area contributed by atoms with Crippen molar-refractivity contribution in [2.24, 2.45) is 0 Å². The first kappa shape index (κ1) is 84.5. The van der Waals surface area contributed by atoms with E-state index in [1.165, 1.54) is 78.9 Å². The van der Waals surface area contributed by atoms with Crippen molar-refractivity contribution in [3.05, 3.63) is 379 Å². The summed E-state index contributed by atoms with van der Waals surface area (Å²) < 4.78 is 12.3. The number of carbonyl (C=O) groups is 3. The minimum Gasteiger partial charge on any atom is -0.480 e. The van der Waals surface area contributed by atoms with Gasteiger partial charge in [-0.25, -0.2) is 4.79 Å². The van der Waals surface area contributed by atoms with Crippen LogP contribution in [0, 0.1) is 22.7 Å². The zero-order valence-electron chi connectivity index (χ0n) is 71.4. The minimum absolute atomic E-state index is 0.103. The monoisotopic (exact) mass is 1610 g/mol. The summed E-state index contributed by atoms with van der Waals surface area (Å²) in [5, 5.41) is 35.6. The summed E-state index contributed by atoms with van der Waals surface area (Å²) in [5.74, 6) is -0.853. The molecule has 0 aliphatic carbocycles. The summed E-state index contributed by atoms with van der Waals surface area (Å²) in [6.45, 7) is 26.9. The van der Waals surface area contributed by atoms with Crippen LogP contribution in [0.1, 0.15) is 128 Å². The van der Waals surface area contributed by atoms with Crippen LogP contribution in [0.4, 0.5) is 34.1 Å². The van der Waals surface area contributed by atoms with Crippen molar-refractivity contribution in [1.82, 2.24) is 0 Å². The summed E-state index contributed by atoms with van der Waals surface area (Å²) in [6.07, 6.45) is 1.78. The molecule has 11 heteroatoms. The van der Waals surface area contributed by atoms with Crippen molar-refractivity contribution < 1.29 is 33.4 Å². The molecule has 0 saturated heterocycles. The van der Waals surface area contributed by atoms with E-state index in [0.29, 0.717) is 28.1 Å². The topological polar surface area (TPSA) is 172 Å². The van der Waals surface area contributed by atoms with Crippen LogP contribution in [0.3, 0.4) is 0 Å². The predicted molar refractivity (Wildman–Crippen MR) is 505 cm³/mol. The number of carboxylic acids is 2. The number of hydrogen-bond acceptors (Lipinski definition) is 9. The maximum absolute atomic E-state index is 11.3. The first-order valence-corrected chi connectivity index (χ1v) is 41.3. The SMILES string of the molecule is CC(C)(C)c1ccc(-c2ccc(N(c3ccc(-c4ccc(-c5cc6ccc(/C=C(/C#N)C(=O)O)cc6o5)cc4)cc3)c3ccc(-c4ccc(C(C)(C)C)cc4)cc3)cc2)cc1.CC(C)(C)c1ccc(-c2ccc(N(c3ccc(-c4ccc(-c5cc6ccc(C=O)cc6o5)cc4)cc3)c3ccc(-c4ccc(C(C)(C)C)cc4)cc3)cc2)cc1.N#CCC(=O)O. The molecule has 2 heterocycles. The molecule has 2 N–H and O–H groups in total. The van der Waals surface area contributed by atoms with Crippen LogP contribution < -0.4 is 9.80 Å². The molecule has 11 nitrogen and oxygen atoms in total. The van der Waals surface area contributed by atoms with Crippen molar-refractivity contribution in [3.8, 4) is 102 Å². The summed E-state index contributed by atoms with van der Waals surface area (Å²) in [7, 11) is 0. The molecule has 0 aliphatic rings. The summed E-state index contributed by atoms with van der Waals surface area (Å²) in [4.78, 5) is 36.6. The minimum atomic E-state index is -1.26. The van der Waals surface area contributed by atoms with Gasteiger partial charge >= 0.3 is 11.9 Å². The lowest BCUT2D eigenvalue weighted by molar-refractivity contribution is -0.136. The number of nitriles is 2. The number of nitrogens with zero attached hydrogens (tertiary/aromatic N) is 4. The van der Waals surface area contributed by atoms with Crippen LogP contribution in [0.25, 0.3) is 117 Å². The van der Waals surface area contributed by atoms with E-state index in [1.54, 1.807) is 24.3 Å². The van der Waals surface area contributed by atoms with E-state index in [-0.39, 0.29) is 27.2 Å². The molecule has 0 bridgehead atoms. The molecule has 14 aromatic carbocycles. The van der Waals surface area contributed by atoms with Gasteiger partial charge < -0.3 is 28.8 Å². The van der Waals surface area contributed by atoms with Crippen LogP contribution in [0.2, 0.25) is 0 Å². The van der Waals surface area contributed by atoms with Gasteiger partial charge in [-0.3, -0.25) is 9.59 Å². The first-order valence-electron chi connectivity index (χ1n) is 41.3. The van der Waals surface area contributed by atoms with E-state index in [1.807, 2.05) is 42.5 Å². The van der Waals surface area contributed by atoms with Gasteiger partial charge in [-0.2, -0.15) is 10.5 Å². The Hall–Kier alpha value is -14.9. The maximum Gasteiger partial charge on any atom is 0.346 e. The van der Waals surface area contributed by atoms with Gasteiger partial charge in [-0.15, -0.1) is 0 Å². The summed E-state index contributed by atoms with van der Waals surface area (Å²) in [6, 6.07) is 123. The van der Waals surface area contributed by atoms with Crippen molar-refractivity contribution in [3.63, 3.8) is 0 Å². The number of aldehydes is 1. The van der Waals surface area contributed by atoms with Crippen molar-refractivity contribution in [1.29, 1.82) is 10.5 Å². The zero-order valence-corrected chi connectivity index (χ0v) is 71.4. The smallest absolute Gasteiger partial charge is 0.346 e. The van der Waals surface area contributed by atoms with Crippen LogP contribution in [-0.4, -0.2) is 28.4 Å². The predicted octanol–water partition coefficient (Wildman–Crippen LogP) is 30.1. The molecule has 2 aromatic heterocycles. The van der Waals surface area contributed by atoms with Gasteiger partial charge in [0.1, 0.15) is 47.0 Å². The Bertz CT molecular complexity index is 6340. The van der Waals surface area contributed by atoms with Gasteiger partial charge in [0.25, 0.3) is 0 Å². The Labute approximate surface area is 721 Å². The van der Waals surface area contributed by atoms with Crippen LogP contribution in [0.5, 0.6) is 0 Å². The third kappa shape index (κ3) is 20.2.